The lowest BCUT2D eigenvalue weighted by atomic mass is 9.92. The van der Waals surface area contributed by atoms with E-state index >= 15 is 0 Å². The van der Waals surface area contributed by atoms with Crippen LogP contribution < -0.4 is 14.2 Å². The molecule has 0 saturated heterocycles. The highest BCUT2D eigenvalue weighted by molar-refractivity contribution is 7.92. The van der Waals surface area contributed by atoms with Gasteiger partial charge in [0.1, 0.15) is 22.0 Å². The van der Waals surface area contributed by atoms with Crippen LogP contribution in [0.2, 0.25) is 0 Å². The number of rotatable bonds is 7. The van der Waals surface area contributed by atoms with Crippen LogP contribution in [0.3, 0.4) is 0 Å². The summed E-state index contributed by atoms with van der Waals surface area (Å²) in [7, 11) is -6.20. The molecule has 0 aromatic heterocycles. The minimum absolute atomic E-state index is 0.0331. The summed E-state index contributed by atoms with van der Waals surface area (Å²) >= 11 is 0. The summed E-state index contributed by atoms with van der Waals surface area (Å²) in [4.78, 5) is 4.35. The molecular formula is C24H27N3O6S2. The van der Waals surface area contributed by atoms with E-state index in [4.69, 9.17) is 4.74 Å². The molecule has 0 aliphatic carbocycles. The molecule has 1 aliphatic heterocycles. The predicted octanol–water partition coefficient (Wildman–Crippen LogP) is 3.88. The van der Waals surface area contributed by atoms with Gasteiger partial charge in [0.25, 0.3) is 10.0 Å². The Hall–Kier alpha value is -3.31. The molecule has 1 heterocycles. The van der Waals surface area contributed by atoms with Crippen molar-refractivity contribution in [3.63, 3.8) is 0 Å². The molecule has 0 spiro atoms. The highest BCUT2D eigenvalue weighted by atomic mass is 32.2. The first kappa shape index (κ1) is 24.8. The van der Waals surface area contributed by atoms with E-state index in [0.717, 1.165) is 18.1 Å². The van der Waals surface area contributed by atoms with Crippen LogP contribution in [0.15, 0.2) is 52.4 Å². The number of fused-ring (bicyclic) bond motifs is 2. The number of sulfonamides is 2. The molecule has 3 aromatic carbocycles. The van der Waals surface area contributed by atoms with Crippen LogP contribution in [-0.2, 0) is 26.5 Å². The van der Waals surface area contributed by atoms with Gasteiger partial charge in [0.2, 0.25) is 10.0 Å². The van der Waals surface area contributed by atoms with Crippen molar-refractivity contribution in [2.24, 2.45) is 10.9 Å². The molecule has 0 amide bonds. The molecule has 0 radical (unpaired) electrons. The number of nitrogens with zero attached hydrogens (tertiary/aromatic N) is 1. The summed E-state index contributed by atoms with van der Waals surface area (Å²) in [6.45, 7) is 4.17. The Balaban J connectivity index is 1.98. The Kier molecular flexibility index (Phi) is 6.41. The average Bonchev–Trinajstić information content (AvgIpc) is 2.75. The summed E-state index contributed by atoms with van der Waals surface area (Å²) < 4.78 is 59.9. The van der Waals surface area contributed by atoms with Crippen LogP contribution >= 0.6 is 0 Å². The van der Waals surface area contributed by atoms with Crippen molar-refractivity contribution in [1.82, 2.24) is 4.72 Å². The van der Waals surface area contributed by atoms with Crippen LogP contribution in [0.25, 0.3) is 10.8 Å². The highest BCUT2D eigenvalue weighted by Crippen LogP contribution is 2.43. The smallest absolute Gasteiger partial charge is 0.265 e. The van der Waals surface area contributed by atoms with Gasteiger partial charge in [0.05, 0.1) is 24.7 Å². The first-order chi connectivity index (χ1) is 16.4. The fourth-order valence-corrected chi connectivity index (χ4v) is 5.82. The third kappa shape index (κ3) is 4.92. The van der Waals surface area contributed by atoms with Crippen LogP contribution in [0.5, 0.6) is 11.5 Å². The first-order valence-electron chi connectivity index (χ1n) is 11.0. The minimum Gasteiger partial charge on any atom is -0.507 e. The molecule has 35 heavy (non-hydrogen) atoms. The number of aliphatic imine (C=N–C) groups is 1. The third-order valence-corrected chi connectivity index (χ3v) is 7.67. The van der Waals surface area contributed by atoms with Crippen LogP contribution in [-0.4, -0.2) is 41.1 Å². The SMILES string of the molecule is COc1c(C2=Nc3cc(NS(C)(=O)=O)ccc3S(=O)(=O)N2)c(O)c(CCC(C)C)c2ccccc12. The van der Waals surface area contributed by atoms with Crippen molar-refractivity contribution >= 4 is 48.0 Å². The van der Waals surface area contributed by atoms with Crippen molar-refractivity contribution in [2.45, 2.75) is 31.6 Å². The molecular weight excluding hydrogens is 490 g/mol. The zero-order valence-electron chi connectivity index (χ0n) is 19.8. The molecule has 3 N–H and O–H groups in total. The van der Waals surface area contributed by atoms with Crippen molar-refractivity contribution in [3.8, 4) is 11.5 Å². The van der Waals surface area contributed by atoms with Gasteiger partial charge < -0.3 is 9.84 Å². The van der Waals surface area contributed by atoms with Gasteiger partial charge in [-0.1, -0.05) is 38.1 Å². The number of anilines is 1. The number of phenols is 1. The van der Waals surface area contributed by atoms with E-state index in [2.05, 4.69) is 28.3 Å². The Morgan fingerprint density at radius 3 is 2.46 bits per heavy atom. The van der Waals surface area contributed by atoms with E-state index in [1.807, 2.05) is 24.3 Å². The molecule has 0 saturated carbocycles. The summed E-state index contributed by atoms with van der Waals surface area (Å²) in [5, 5.41) is 12.9. The monoisotopic (exact) mass is 517 g/mol. The maximum Gasteiger partial charge on any atom is 0.265 e. The van der Waals surface area contributed by atoms with E-state index < -0.39 is 20.0 Å². The van der Waals surface area contributed by atoms with Gasteiger partial charge in [-0.2, -0.15) is 0 Å². The molecule has 0 unspecified atom stereocenters. The first-order valence-corrected chi connectivity index (χ1v) is 14.3. The van der Waals surface area contributed by atoms with Crippen molar-refractivity contribution in [2.75, 3.05) is 18.1 Å². The Labute approximate surface area is 205 Å². The van der Waals surface area contributed by atoms with Crippen molar-refractivity contribution in [3.05, 3.63) is 53.6 Å². The Bertz CT molecular complexity index is 1560. The summed E-state index contributed by atoms with van der Waals surface area (Å²) in [6, 6.07) is 11.4. The van der Waals surface area contributed by atoms with E-state index in [1.54, 1.807) is 0 Å². The maximum absolute atomic E-state index is 13.1. The lowest BCUT2D eigenvalue weighted by Gasteiger charge is -2.23. The van der Waals surface area contributed by atoms with Gasteiger partial charge in [0, 0.05) is 10.9 Å². The van der Waals surface area contributed by atoms with E-state index in [9.17, 15) is 21.9 Å². The molecule has 4 rings (SSSR count). The molecule has 9 nitrogen and oxygen atoms in total. The minimum atomic E-state index is -4.06. The number of hydrogen-bond acceptors (Lipinski definition) is 7. The molecule has 1 aliphatic rings. The molecule has 0 fully saturated rings. The molecule has 0 atom stereocenters. The third-order valence-electron chi connectivity index (χ3n) is 5.67. The number of nitrogens with one attached hydrogen (secondary N) is 2. The van der Waals surface area contributed by atoms with E-state index in [1.165, 1.54) is 25.3 Å². The predicted molar refractivity (Wildman–Crippen MR) is 137 cm³/mol. The number of benzene rings is 3. The zero-order chi connectivity index (χ0) is 25.5. The van der Waals surface area contributed by atoms with Gasteiger partial charge in [0.15, 0.2) is 5.84 Å². The molecule has 186 valence electrons. The average molecular weight is 518 g/mol. The van der Waals surface area contributed by atoms with Crippen LogP contribution in [0, 0.1) is 5.92 Å². The normalized spacial score (nSPS) is 14.8. The quantitative estimate of drug-likeness (QED) is 0.435. The van der Waals surface area contributed by atoms with Gasteiger partial charge in [-0.15, -0.1) is 0 Å². The Morgan fingerprint density at radius 1 is 1.14 bits per heavy atom. The molecule has 3 aromatic rings. The second-order valence-electron chi connectivity index (χ2n) is 8.84. The molecule has 11 heteroatoms. The number of aromatic hydroxyl groups is 1. The summed E-state index contributed by atoms with van der Waals surface area (Å²) in [5.41, 5.74) is 0.996. The maximum atomic E-state index is 13.1. The van der Waals surface area contributed by atoms with Crippen LogP contribution in [0.1, 0.15) is 31.4 Å². The summed E-state index contributed by atoms with van der Waals surface area (Å²) in [5.74, 6) is 0.440. The van der Waals surface area contributed by atoms with Crippen LogP contribution in [0.4, 0.5) is 11.4 Å². The van der Waals surface area contributed by atoms with Crippen molar-refractivity contribution in [1.29, 1.82) is 0 Å². The van der Waals surface area contributed by atoms with E-state index in [0.29, 0.717) is 23.3 Å². The van der Waals surface area contributed by atoms with Gasteiger partial charge in [-0.05, 0) is 42.3 Å². The number of phenolic OH excluding ortho intramolecular Hbond substituents is 1. The van der Waals surface area contributed by atoms with Gasteiger partial charge in [-0.3, -0.25) is 9.44 Å². The topological polar surface area (TPSA) is 134 Å². The number of ether oxygens (including phenoxy) is 1. The number of methoxy groups -OCH3 is 1. The number of aryl methyl sites for hydroxylation is 1. The van der Waals surface area contributed by atoms with Crippen molar-refractivity contribution < 1.29 is 26.7 Å². The van der Waals surface area contributed by atoms with Gasteiger partial charge in [-0.25, -0.2) is 21.8 Å². The Morgan fingerprint density at radius 2 is 1.83 bits per heavy atom. The largest absolute Gasteiger partial charge is 0.507 e. The lowest BCUT2D eigenvalue weighted by molar-refractivity contribution is 0.409. The number of hydrogen-bond donors (Lipinski definition) is 3. The second-order valence-corrected chi connectivity index (χ2v) is 12.2. The number of amidine groups is 1. The fourth-order valence-electron chi connectivity index (χ4n) is 4.12. The fraction of sp³-hybridized carbons (Fsp3) is 0.292. The highest BCUT2D eigenvalue weighted by Gasteiger charge is 2.31. The lowest BCUT2D eigenvalue weighted by Crippen LogP contribution is -2.34. The zero-order valence-corrected chi connectivity index (χ0v) is 21.4. The second kappa shape index (κ2) is 9.04. The summed E-state index contributed by atoms with van der Waals surface area (Å²) in [6.07, 6.45) is 2.38. The molecule has 0 bridgehead atoms. The standard InChI is InChI=1S/C24H27N3O6S2/c1-14(2)9-11-17-16-7-5-6-8-18(16)23(33-3)21(22(17)28)24-25-19-13-15(26-34(4,29)30)10-12-20(19)35(31,32)27-24/h5-8,10,12-14,26,28H,9,11H2,1-4H3,(H,25,27). The van der Waals surface area contributed by atoms with Gasteiger partial charge >= 0.3 is 0 Å². The van der Waals surface area contributed by atoms with E-state index in [-0.39, 0.29) is 39.2 Å².